The predicted octanol–water partition coefficient (Wildman–Crippen LogP) is 0.277. The van der Waals surface area contributed by atoms with E-state index in [1.165, 1.54) is 0 Å². The van der Waals surface area contributed by atoms with Gasteiger partial charge < -0.3 is 15.9 Å². The van der Waals surface area contributed by atoms with Gasteiger partial charge in [0.2, 0.25) is 0 Å². The molecule has 0 spiro atoms. The number of nitrogens with two attached hydrogens (primary N) is 1. The summed E-state index contributed by atoms with van der Waals surface area (Å²) in [5.41, 5.74) is 5.32. The summed E-state index contributed by atoms with van der Waals surface area (Å²) in [5, 5.41) is 21.0. The Bertz CT molecular complexity index is 176. The van der Waals surface area contributed by atoms with Crippen molar-refractivity contribution in [1.82, 2.24) is 5.32 Å². The number of unbranched alkanes of at least 4 members (excludes halogenated alkanes) is 1. The van der Waals surface area contributed by atoms with Crippen LogP contribution in [0, 0.1) is 0 Å². The summed E-state index contributed by atoms with van der Waals surface area (Å²) < 4.78 is 0. The molecule has 2 unspecified atom stereocenters. The summed E-state index contributed by atoms with van der Waals surface area (Å²) in [6.45, 7) is 2.51. The van der Waals surface area contributed by atoms with Crippen LogP contribution in [0.3, 0.4) is 0 Å². The molecule has 0 aromatic rings. The molecule has 0 saturated carbocycles. The second-order valence-corrected chi connectivity index (χ2v) is 3.65. The van der Waals surface area contributed by atoms with Crippen molar-refractivity contribution in [2.75, 3.05) is 6.54 Å². The number of nitrogens with one attached hydrogen (secondary N) is 1. The Morgan fingerprint density at radius 2 is 2.07 bits per heavy atom. The van der Waals surface area contributed by atoms with Gasteiger partial charge >= 0.3 is 5.97 Å². The lowest BCUT2D eigenvalue weighted by Crippen LogP contribution is -2.43. The zero-order valence-corrected chi connectivity index (χ0v) is 9.28. The lowest BCUT2D eigenvalue weighted by atomic mass is 10.1. The van der Waals surface area contributed by atoms with Crippen molar-refractivity contribution in [2.24, 2.45) is 5.73 Å². The second-order valence-electron chi connectivity index (χ2n) is 3.65. The van der Waals surface area contributed by atoms with E-state index >= 15 is 0 Å². The van der Waals surface area contributed by atoms with Gasteiger partial charge in [-0.1, -0.05) is 19.8 Å². The van der Waals surface area contributed by atoms with Gasteiger partial charge in [0.1, 0.15) is 12.3 Å². The highest BCUT2D eigenvalue weighted by molar-refractivity contribution is 5.73. The van der Waals surface area contributed by atoms with Crippen LogP contribution in [-0.4, -0.2) is 35.0 Å². The maximum Gasteiger partial charge on any atom is 0.320 e. The van der Waals surface area contributed by atoms with Crippen molar-refractivity contribution < 1.29 is 15.0 Å². The van der Waals surface area contributed by atoms with Gasteiger partial charge in [-0.15, -0.1) is 0 Å². The first kappa shape index (κ1) is 14.3. The molecule has 5 N–H and O–H groups in total. The number of rotatable bonds is 9. The van der Waals surface area contributed by atoms with Gasteiger partial charge in [0.05, 0.1) is 0 Å². The molecule has 5 heteroatoms. The Morgan fingerprint density at radius 3 is 2.53 bits per heavy atom. The van der Waals surface area contributed by atoms with E-state index in [2.05, 4.69) is 5.32 Å². The first-order valence-electron chi connectivity index (χ1n) is 5.48. The van der Waals surface area contributed by atoms with E-state index in [0.717, 1.165) is 19.3 Å². The average molecular weight is 218 g/mol. The number of carbonyl (C=O) groups is 1. The Kier molecular flexibility index (Phi) is 8.27. The highest BCUT2D eigenvalue weighted by Gasteiger charge is 2.19. The fraction of sp³-hybridized carbons (Fsp3) is 0.900. The molecule has 0 aromatic heterocycles. The fourth-order valence-electron chi connectivity index (χ4n) is 1.36. The topological polar surface area (TPSA) is 95.6 Å². The fourth-order valence-corrected chi connectivity index (χ4v) is 1.36. The molecule has 5 nitrogen and oxygen atoms in total. The Labute approximate surface area is 90.7 Å². The molecule has 0 aromatic carbocycles. The first-order chi connectivity index (χ1) is 7.11. The third-order valence-corrected chi connectivity index (χ3v) is 2.20. The van der Waals surface area contributed by atoms with Gasteiger partial charge in [0.15, 0.2) is 0 Å². The van der Waals surface area contributed by atoms with Crippen molar-refractivity contribution in [3.05, 3.63) is 0 Å². The minimum absolute atomic E-state index is 0.507. The maximum atomic E-state index is 10.8. The van der Waals surface area contributed by atoms with Crippen LogP contribution in [0.25, 0.3) is 0 Å². The Hall–Kier alpha value is -0.650. The number of hydrogen-bond acceptors (Lipinski definition) is 4. The van der Waals surface area contributed by atoms with Crippen molar-refractivity contribution in [1.29, 1.82) is 0 Å². The zero-order valence-electron chi connectivity index (χ0n) is 9.28. The van der Waals surface area contributed by atoms with Crippen molar-refractivity contribution >= 4 is 5.97 Å². The van der Waals surface area contributed by atoms with E-state index in [0.29, 0.717) is 19.4 Å². The molecule has 0 bridgehead atoms. The summed E-state index contributed by atoms with van der Waals surface area (Å²) in [6.07, 6.45) is 2.75. The molecule has 0 fully saturated rings. The average Bonchev–Trinajstić information content (AvgIpc) is 2.16. The minimum Gasteiger partial charge on any atom is -0.480 e. The van der Waals surface area contributed by atoms with Crippen LogP contribution in [0.4, 0.5) is 0 Å². The Morgan fingerprint density at radius 1 is 1.40 bits per heavy atom. The van der Waals surface area contributed by atoms with Crippen molar-refractivity contribution in [3.63, 3.8) is 0 Å². The Balaban J connectivity index is 3.87. The van der Waals surface area contributed by atoms with Gasteiger partial charge in [-0.05, 0) is 25.8 Å². The van der Waals surface area contributed by atoms with Crippen LogP contribution in [0.1, 0.15) is 39.0 Å². The van der Waals surface area contributed by atoms with E-state index in [1.807, 2.05) is 6.92 Å². The molecule has 0 rings (SSSR count). The summed E-state index contributed by atoms with van der Waals surface area (Å²) >= 11 is 0. The summed E-state index contributed by atoms with van der Waals surface area (Å²) in [7, 11) is 0. The highest BCUT2D eigenvalue weighted by atomic mass is 16.4. The van der Waals surface area contributed by atoms with Crippen LogP contribution in [0.2, 0.25) is 0 Å². The lowest BCUT2D eigenvalue weighted by molar-refractivity contribution is -0.140. The normalized spacial score (nSPS) is 14.9. The predicted molar refractivity (Wildman–Crippen MR) is 58.4 cm³/mol. The van der Waals surface area contributed by atoms with E-state index in [4.69, 9.17) is 10.8 Å². The van der Waals surface area contributed by atoms with E-state index in [1.54, 1.807) is 0 Å². The van der Waals surface area contributed by atoms with Gasteiger partial charge in [-0.2, -0.15) is 0 Å². The van der Waals surface area contributed by atoms with Crippen LogP contribution in [0.5, 0.6) is 0 Å². The van der Waals surface area contributed by atoms with Gasteiger partial charge in [-0.25, -0.2) is 0 Å². The monoisotopic (exact) mass is 218 g/mol. The van der Waals surface area contributed by atoms with Gasteiger partial charge in [-0.3, -0.25) is 10.1 Å². The largest absolute Gasteiger partial charge is 0.480 e. The number of aliphatic hydroxyl groups is 1. The summed E-state index contributed by atoms with van der Waals surface area (Å²) in [6, 6.07) is -0.668. The second kappa shape index (κ2) is 8.64. The van der Waals surface area contributed by atoms with E-state index in [9.17, 15) is 9.90 Å². The highest BCUT2D eigenvalue weighted by Crippen LogP contribution is 2.03. The smallest absolute Gasteiger partial charge is 0.320 e. The third-order valence-electron chi connectivity index (χ3n) is 2.20. The van der Waals surface area contributed by atoms with E-state index in [-0.39, 0.29) is 0 Å². The van der Waals surface area contributed by atoms with Crippen LogP contribution in [0.15, 0.2) is 0 Å². The first-order valence-corrected chi connectivity index (χ1v) is 5.48. The molecule has 2 atom stereocenters. The zero-order chi connectivity index (χ0) is 11.7. The molecule has 0 radical (unpaired) electrons. The molecule has 0 aliphatic rings. The van der Waals surface area contributed by atoms with E-state index < -0.39 is 18.2 Å². The van der Waals surface area contributed by atoms with Crippen LogP contribution >= 0.6 is 0 Å². The molecular formula is C10H22N2O3. The molecule has 0 aliphatic carbocycles. The summed E-state index contributed by atoms with van der Waals surface area (Å²) in [4.78, 5) is 10.8. The molecule has 0 saturated heterocycles. The van der Waals surface area contributed by atoms with Crippen molar-refractivity contribution in [3.8, 4) is 0 Å². The maximum absolute atomic E-state index is 10.8. The molecule has 90 valence electrons. The molecule has 15 heavy (non-hydrogen) atoms. The number of carboxylic acids is 1. The summed E-state index contributed by atoms with van der Waals surface area (Å²) in [5.74, 6) is -0.915. The van der Waals surface area contributed by atoms with Crippen molar-refractivity contribution in [2.45, 2.75) is 51.3 Å². The van der Waals surface area contributed by atoms with Crippen LogP contribution in [-0.2, 0) is 4.79 Å². The molecule has 0 aliphatic heterocycles. The third kappa shape index (κ3) is 7.30. The number of hydrogen-bond donors (Lipinski definition) is 4. The number of carboxylic acid groups (broad SMARTS) is 1. The SMILES string of the molecule is CCCC(O)NC(CCCCN)C(=O)O. The lowest BCUT2D eigenvalue weighted by Gasteiger charge is -2.18. The molecular weight excluding hydrogens is 196 g/mol. The molecule has 0 heterocycles. The van der Waals surface area contributed by atoms with Crippen LogP contribution < -0.4 is 11.1 Å². The van der Waals surface area contributed by atoms with Gasteiger partial charge in [0.25, 0.3) is 0 Å². The molecule has 0 amide bonds. The number of aliphatic carboxylic acids is 1. The standard InChI is InChI=1S/C10H22N2O3/c1-2-5-9(13)12-8(10(14)15)6-3-4-7-11/h8-9,12-13H,2-7,11H2,1H3,(H,14,15). The minimum atomic E-state index is -0.915. The quantitative estimate of drug-likeness (QED) is 0.329. The number of aliphatic hydroxyl groups excluding tert-OH is 1. The van der Waals surface area contributed by atoms with Gasteiger partial charge in [0, 0.05) is 0 Å².